The number of nitrogens with zero attached hydrogens (tertiary/aromatic N) is 3. The van der Waals surface area contributed by atoms with E-state index >= 15 is 0 Å². The number of carbonyl (C=O) groups is 1. The van der Waals surface area contributed by atoms with Gasteiger partial charge in [-0.1, -0.05) is 6.92 Å². The molecule has 0 unspecified atom stereocenters. The van der Waals surface area contributed by atoms with Gasteiger partial charge in [0.15, 0.2) is 0 Å². The summed E-state index contributed by atoms with van der Waals surface area (Å²) in [6.07, 6.45) is 4.58. The summed E-state index contributed by atoms with van der Waals surface area (Å²) < 4.78 is 7.17. The molecule has 0 bridgehead atoms. The van der Waals surface area contributed by atoms with Crippen molar-refractivity contribution >= 4 is 5.91 Å². The number of carbonyl (C=O) groups excluding carboxylic acids is 1. The Bertz CT molecular complexity index is 950. The molecule has 1 fully saturated rings. The molecule has 28 heavy (non-hydrogen) atoms. The van der Waals surface area contributed by atoms with E-state index in [1.807, 2.05) is 47.3 Å². The van der Waals surface area contributed by atoms with Gasteiger partial charge in [-0.05, 0) is 54.8 Å². The van der Waals surface area contributed by atoms with E-state index < -0.39 is 0 Å². The molecule has 1 aliphatic rings. The van der Waals surface area contributed by atoms with Gasteiger partial charge in [-0.25, -0.2) is 0 Å². The molecule has 2 atom stereocenters. The van der Waals surface area contributed by atoms with Gasteiger partial charge < -0.3 is 10.1 Å². The Hall–Kier alpha value is -3.15. The summed E-state index contributed by atoms with van der Waals surface area (Å²) in [4.78, 5) is 16.3. The Kier molecular flexibility index (Phi) is 5.10. The van der Waals surface area contributed by atoms with Gasteiger partial charge >= 0.3 is 0 Å². The highest BCUT2D eigenvalue weighted by Crippen LogP contribution is 2.37. The zero-order valence-corrected chi connectivity index (χ0v) is 16.1. The number of benzene rings is 1. The molecule has 0 radical (unpaired) electrons. The Balaban J connectivity index is 1.56. The first-order chi connectivity index (χ1) is 13.7. The monoisotopic (exact) mass is 376 g/mol. The summed E-state index contributed by atoms with van der Waals surface area (Å²) in [5.74, 6) is 1.66. The average Bonchev–Trinajstić information content (AvgIpc) is 3.32. The Morgan fingerprint density at radius 2 is 2.04 bits per heavy atom. The minimum atomic E-state index is 0.151. The fraction of sp³-hybridized carbons (Fsp3) is 0.318. The molecule has 0 saturated heterocycles. The highest BCUT2D eigenvalue weighted by molar-refractivity contribution is 5.81. The number of hydrogen-bond donors (Lipinski definition) is 1. The maximum Gasteiger partial charge on any atom is 0.223 e. The number of nitrogens with one attached hydrogen (secondary N) is 1. The molecule has 2 aromatic heterocycles. The van der Waals surface area contributed by atoms with Crippen LogP contribution in [0.1, 0.15) is 13.3 Å². The molecule has 144 valence electrons. The molecule has 1 N–H and O–H groups in total. The molecule has 1 saturated carbocycles. The van der Waals surface area contributed by atoms with Gasteiger partial charge in [-0.15, -0.1) is 0 Å². The lowest BCUT2D eigenvalue weighted by atomic mass is 10.1. The molecule has 2 heterocycles. The number of hydrogen-bond acceptors (Lipinski definition) is 4. The summed E-state index contributed by atoms with van der Waals surface area (Å²) >= 11 is 0. The lowest BCUT2D eigenvalue weighted by Gasteiger charge is -2.08. The Labute approximate surface area is 164 Å². The van der Waals surface area contributed by atoms with E-state index in [0.717, 1.165) is 34.7 Å². The van der Waals surface area contributed by atoms with Crippen molar-refractivity contribution < 1.29 is 9.53 Å². The zero-order chi connectivity index (χ0) is 19.5. The standard InChI is InChI=1S/C22H24N4O2/c1-15-12-19(15)22(27)24-10-11-26-21(17-4-3-9-23-14-17)13-20(25-26)16-5-7-18(28-2)8-6-16/h3-9,13-15,19H,10-12H2,1-2H3,(H,24,27)/t15-,19-/m0/s1. The molecular formula is C22H24N4O2. The fourth-order valence-corrected chi connectivity index (χ4v) is 3.34. The molecule has 3 aromatic rings. The number of pyridine rings is 1. The molecule has 1 amide bonds. The summed E-state index contributed by atoms with van der Waals surface area (Å²) in [5.41, 5.74) is 3.87. The van der Waals surface area contributed by atoms with E-state index in [1.165, 1.54) is 0 Å². The first kappa shape index (κ1) is 18.2. The van der Waals surface area contributed by atoms with Crippen molar-refractivity contribution in [1.82, 2.24) is 20.1 Å². The van der Waals surface area contributed by atoms with Crippen molar-refractivity contribution in [2.45, 2.75) is 19.9 Å². The summed E-state index contributed by atoms with van der Waals surface area (Å²) in [5, 5.41) is 7.82. The molecule has 4 rings (SSSR count). The molecule has 6 heteroatoms. The van der Waals surface area contributed by atoms with Gasteiger partial charge in [0.25, 0.3) is 0 Å². The third kappa shape index (κ3) is 3.91. The average molecular weight is 376 g/mol. The van der Waals surface area contributed by atoms with Crippen molar-refractivity contribution in [2.24, 2.45) is 11.8 Å². The minimum absolute atomic E-state index is 0.151. The number of aromatic nitrogens is 3. The van der Waals surface area contributed by atoms with Crippen LogP contribution in [0.15, 0.2) is 54.9 Å². The van der Waals surface area contributed by atoms with Gasteiger partial charge in [0.05, 0.1) is 25.0 Å². The van der Waals surface area contributed by atoms with Crippen LogP contribution in [0.25, 0.3) is 22.5 Å². The highest BCUT2D eigenvalue weighted by Gasteiger charge is 2.38. The fourth-order valence-electron chi connectivity index (χ4n) is 3.34. The van der Waals surface area contributed by atoms with Crippen LogP contribution in [-0.2, 0) is 11.3 Å². The van der Waals surface area contributed by atoms with Crippen LogP contribution in [-0.4, -0.2) is 34.3 Å². The largest absolute Gasteiger partial charge is 0.497 e. The van der Waals surface area contributed by atoms with E-state index in [2.05, 4.69) is 23.3 Å². The number of amides is 1. The minimum Gasteiger partial charge on any atom is -0.497 e. The third-order valence-corrected chi connectivity index (χ3v) is 5.19. The predicted molar refractivity (Wildman–Crippen MR) is 108 cm³/mol. The van der Waals surface area contributed by atoms with Gasteiger partial charge in [0.1, 0.15) is 5.75 Å². The van der Waals surface area contributed by atoms with E-state index in [0.29, 0.717) is 19.0 Å². The second kappa shape index (κ2) is 7.84. The normalized spacial score (nSPS) is 17.9. The molecule has 1 aliphatic carbocycles. The van der Waals surface area contributed by atoms with Crippen LogP contribution in [0.5, 0.6) is 5.75 Å². The molecule has 0 spiro atoms. The van der Waals surface area contributed by atoms with Crippen LogP contribution < -0.4 is 10.1 Å². The summed E-state index contributed by atoms with van der Waals surface area (Å²) in [7, 11) is 1.65. The predicted octanol–water partition coefficient (Wildman–Crippen LogP) is 3.39. The maximum atomic E-state index is 12.1. The van der Waals surface area contributed by atoms with Gasteiger partial charge in [-0.3, -0.25) is 14.5 Å². The van der Waals surface area contributed by atoms with Gasteiger partial charge in [-0.2, -0.15) is 5.10 Å². The lowest BCUT2D eigenvalue weighted by molar-refractivity contribution is -0.122. The topological polar surface area (TPSA) is 69.0 Å². The van der Waals surface area contributed by atoms with Crippen LogP contribution >= 0.6 is 0 Å². The van der Waals surface area contributed by atoms with Crippen LogP contribution in [0, 0.1) is 11.8 Å². The van der Waals surface area contributed by atoms with E-state index in [9.17, 15) is 4.79 Å². The summed E-state index contributed by atoms with van der Waals surface area (Å²) in [6, 6.07) is 13.8. The Morgan fingerprint density at radius 1 is 1.25 bits per heavy atom. The third-order valence-electron chi connectivity index (χ3n) is 5.19. The van der Waals surface area contributed by atoms with E-state index in [1.54, 1.807) is 13.3 Å². The van der Waals surface area contributed by atoms with Crippen molar-refractivity contribution in [3.05, 3.63) is 54.9 Å². The second-order valence-corrected chi connectivity index (χ2v) is 7.22. The Morgan fingerprint density at radius 3 is 2.68 bits per heavy atom. The maximum absolute atomic E-state index is 12.1. The summed E-state index contributed by atoms with van der Waals surface area (Å²) in [6.45, 7) is 3.27. The van der Waals surface area contributed by atoms with Crippen molar-refractivity contribution in [3.8, 4) is 28.3 Å². The van der Waals surface area contributed by atoms with Crippen molar-refractivity contribution in [2.75, 3.05) is 13.7 Å². The lowest BCUT2D eigenvalue weighted by Crippen LogP contribution is -2.29. The molecular weight excluding hydrogens is 352 g/mol. The van der Waals surface area contributed by atoms with Crippen LogP contribution in [0.4, 0.5) is 0 Å². The first-order valence-electron chi connectivity index (χ1n) is 9.56. The number of rotatable bonds is 7. The highest BCUT2D eigenvalue weighted by atomic mass is 16.5. The van der Waals surface area contributed by atoms with Crippen LogP contribution in [0.2, 0.25) is 0 Å². The van der Waals surface area contributed by atoms with Gasteiger partial charge in [0, 0.05) is 36.0 Å². The van der Waals surface area contributed by atoms with E-state index in [-0.39, 0.29) is 11.8 Å². The smallest absolute Gasteiger partial charge is 0.223 e. The number of ether oxygens (including phenoxy) is 1. The quantitative estimate of drug-likeness (QED) is 0.686. The second-order valence-electron chi connectivity index (χ2n) is 7.22. The molecule has 1 aromatic carbocycles. The number of methoxy groups -OCH3 is 1. The van der Waals surface area contributed by atoms with Crippen LogP contribution in [0.3, 0.4) is 0 Å². The zero-order valence-electron chi connectivity index (χ0n) is 16.1. The van der Waals surface area contributed by atoms with Gasteiger partial charge in [0.2, 0.25) is 5.91 Å². The molecule has 6 nitrogen and oxygen atoms in total. The SMILES string of the molecule is COc1ccc(-c2cc(-c3cccnc3)n(CCNC(=O)[C@H]3C[C@@H]3C)n2)cc1. The molecule has 0 aliphatic heterocycles. The van der Waals surface area contributed by atoms with Crippen molar-refractivity contribution in [1.29, 1.82) is 0 Å². The van der Waals surface area contributed by atoms with E-state index in [4.69, 9.17) is 9.84 Å². The first-order valence-corrected chi connectivity index (χ1v) is 9.56. The van der Waals surface area contributed by atoms with Crippen molar-refractivity contribution in [3.63, 3.8) is 0 Å².